The number of carbonyl (C=O) groups excluding carboxylic acids is 1. The van der Waals surface area contributed by atoms with E-state index in [9.17, 15) is 23.1 Å². The molecule has 140 valence electrons. The zero-order valence-corrected chi connectivity index (χ0v) is 15.9. The van der Waals surface area contributed by atoms with Crippen molar-refractivity contribution in [2.45, 2.75) is 56.5 Å². The molecule has 7 nitrogen and oxygen atoms in total. The van der Waals surface area contributed by atoms with E-state index in [0.717, 1.165) is 31.0 Å². The molecule has 0 radical (unpaired) electrons. The number of hydrogen-bond donors (Lipinski definition) is 1. The Hall–Kier alpha value is -1.22. The van der Waals surface area contributed by atoms with Crippen molar-refractivity contribution in [1.82, 2.24) is 9.80 Å². The van der Waals surface area contributed by atoms with Gasteiger partial charge in [0.25, 0.3) is 5.91 Å². The number of piperidine rings is 1. The van der Waals surface area contributed by atoms with Gasteiger partial charge in [0, 0.05) is 24.0 Å². The zero-order chi connectivity index (χ0) is 18.2. The predicted molar refractivity (Wildman–Crippen MR) is 95.6 cm³/mol. The standard InChI is InChI=1S/C16H24N2O5S2/c1-11-4-2-3-7-17(11)14(19)13-10-24-15(16(20)21)18(13)12-5-8-25(22,23)9-6-12/h10-12,15H,2-9H2,1H3,(H,20,21)/t11?,15-/m0/s1. The molecular weight excluding hydrogens is 364 g/mol. The fourth-order valence-corrected chi connectivity index (χ4v) is 6.29. The third-order valence-electron chi connectivity index (χ3n) is 5.25. The number of amides is 1. The molecule has 2 saturated heterocycles. The molecule has 2 atom stereocenters. The van der Waals surface area contributed by atoms with Gasteiger partial charge >= 0.3 is 5.97 Å². The number of carbonyl (C=O) groups is 2. The van der Waals surface area contributed by atoms with Gasteiger partial charge < -0.3 is 14.9 Å². The van der Waals surface area contributed by atoms with E-state index < -0.39 is 21.2 Å². The lowest BCUT2D eigenvalue weighted by Gasteiger charge is -2.40. The van der Waals surface area contributed by atoms with Crippen LogP contribution in [0.3, 0.4) is 0 Å². The summed E-state index contributed by atoms with van der Waals surface area (Å²) in [6, 6.07) is -0.0838. The van der Waals surface area contributed by atoms with Crippen LogP contribution in [-0.4, -0.2) is 70.7 Å². The van der Waals surface area contributed by atoms with Gasteiger partial charge in [0.1, 0.15) is 15.5 Å². The molecule has 0 aromatic carbocycles. The summed E-state index contributed by atoms with van der Waals surface area (Å²) < 4.78 is 23.4. The molecule has 0 aromatic rings. The molecule has 1 N–H and O–H groups in total. The maximum absolute atomic E-state index is 13.1. The van der Waals surface area contributed by atoms with Crippen molar-refractivity contribution < 1.29 is 23.1 Å². The van der Waals surface area contributed by atoms with Crippen molar-refractivity contribution >= 4 is 33.5 Å². The van der Waals surface area contributed by atoms with Crippen LogP contribution >= 0.6 is 11.8 Å². The Labute approximate surface area is 152 Å². The summed E-state index contributed by atoms with van der Waals surface area (Å²) in [6.45, 7) is 2.71. The second-order valence-corrected chi connectivity index (χ2v) is 10.2. The normalized spacial score (nSPS) is 30.2. The molecule has 0 bridgehead atoms. The lowest BCUT2D eigenvalue weighted by atomic mass is 10.0. The minimum Gasteiger partial charge on any atom is -0.479 e. The number of hydrogen-bond acceptors (Lipinski definition) is 6. The Balaban J connectivity index is 1.82. The molecule has 0 spiro atoms. The largest absolute Gasteiger partial charge is 0.479 e. The van der Waals surface area contributed by atoms with Crippen LogP contribution in [0.4, 0.5) is 0 Å². The SMILES string of the molecule is CC1CCCCN1C(=O)C1=CS[C@@H](C(=O)O)N1C1CCS(=O)(=O)CC1. The Morgan fingerprint density at radius 1 is 1.20 bits per heavy atom. The summed E-state index contributed by atoms with van der Waals surface area (Å²) in [7, 11) is -3.05. The summed E-state index contributed by atoms with van der Waals surface area (Å²) in [5, 5.41) is 10.3. The number of rotatable bonds is 3. The van der Waals surface area contributed by atoms with Crippen molar-refractivity contribution in [2.75, 3.05) is 18.1 Å². The van der Waals surface area contributed by atoms with E-state index >= 15 is 0 Å². The Morgan fingerprint density at radius 2 is 1.88 bits per heavy atom. The fraction of sp³-hybridized carbons (Fsp3) is 0.750. The number of nitrogens with zero attached hydrogens (tertiary/aromatic N) is 2. The van der Waals surface area contributed by atoms with E-state index in [1.165, 1.54) is 0 Å². The quantitative estimate of drug-likeness (QED) is 0.778. The Bertz CT molecular complexity index is 677. The molecule has 0 saturated carbocycles. The van der Waals surface area contributed by atoms with E-state index in [1.807, 2.05) is 11.8 Å². The Kier molecular flexibility index (Phi) is 5.34. The van der Waals surface area contributed by atoms with Gasteiger partial charge in [-0.2, -0.15) is 0 Å². The third kappa shape index (κ3) is 3.81. The first-order valence-corrected chi connectivity index (χ1v) is 11.4. The summed E-state index contributed by atoms with van der Waals surface area (Å²) in [4.78, 5) is 28.2. The van der Waals surface area contributed by atoms with Gasteiger partial charge in [0.05, 0.1) is 11.5 Å². The average Bonchev–Trinajstić information content (AvgIpc) is 3.00. The number of sulfone groups is 1. The molecule has 25 heavy (non-hydrogen) atoms. The lowest BCUT2D eigenvalue weighted by Crippen LogP contribution is -2.51. The van der Waals surface area contributed by atoms with Gasteiger partial charge in [-0.1, -0.05) is 11.8 Å². The van der Waals surface area contributed by atoms with Crippen molar-refractivity contribution in [3.05, 3.63) is 11.1 Å². The predicted octanol–water partition coefficient (Wildman–Crippen LogP) is 1.27. The molecule has 3 heterocycles. The van der Waals surface area contributed by atoms with Gasteiger partial charge in [-0.3, -0.25) is 4.79 Å². The molecule has 3 aliphatic heterocycles. The van der Waals surface area contributed by atoms with Gasteiger partial charge in [-0.25, -0.2) is 13.2 Å². The fourth-order valence-electron chi connectivity index (χ4n) is 3.81. The van der Waals surface area contributed by atoms with Crippen LogP contribution < -0.4 is 0 Å². The van der Waals surface area contributed by atoms with Gasteiger partial charge in [0.15, 0.2) is 5.37 Å². The first kappa shape index (κ1) is 18.6. The summed E-state index contributed by atoms with van der Waals surface area (Å²) in [6.07, 6.45) is 3.75. The second kappa shape index (κ2) is 7.19. The highest BCUT2D eigenvalue weighted by Crippen LogP contribution is 2.37. The maximum Gasteiger partial charge on any atom is 0.337 e. The average molecular weight is 389 g/mol. The molecule has 1 unspecified atom stereocenters. The highest BCUT2D eigenvalue weighted by Gasteiger charge is 2.43. The molecule has 3 rings (SSSR count). The minimum atomic E-state index is -3.05. The van der Waals surface area contributed by atoms with Crippen LogP contribution in [0.15, 0.2) is 11.1 Å². The van der Waals surface area contributed by atoms with Crippen molar-refractivity contribution in [1.29, 1.82) is 0 Å². The third-order valence-corrected chi connectivity index (χ3v) is 8.01. The van der Waals surface area contributed by atoms with Crippen LogP contribution in [0.2, 0.25) is 0 Å². The van der Waals surface area contributed by atoms with Gasteiger partial charge in [-0.05, 0) is 39.0 Å². The van der Waals surface area contributed by atoms with Crippen LogP contribution in [0.25, 0.3) is 0 Å². The van der Waals surface area contributed by atoms with Crippen molar-refractivity contribution in [3.63, 3.8) is 0 Å². The van der Waals surface area contributed by atoms with E-state index in [0.29, 0.717) is 25.1 Å². The van der Waals surface area contributed by atoms with E-state index in [4.69, 9.17) is 0 Å². The van der Waals surface area contributed by atoms with Gasteiger partial charge in [0.2, 0.25) is 0 Å². The highest BCUT2D eigenvalue weighted by molar-refractivity contribution is 8.03. The van der Waals surface area contributed by atoms with Gasteiger partial charge in [-0.15, -0.1) is 0 Å². The number of thioether (sulfide) groups is 1. The molecule has 3 aliphatic rings. The topological polar surface area (TPSA) is 95.0 Å². The molecule has 2 fully saturated rings. The summed E-state index contributed by atoms with van der Waals surface area (Å²) >= 11 is 1.12. The molecular formula is C16H24N2O5S2. The van der Waals surface area contributed by atoms with Crippen LogP contribution in [-0.2, 0) is 19.4 Å². The molecule has 0 aliphatic carbocycles. The Morgan fingerprint density at radius 3 is 2.48 bits per heavy atom. The number of likely N-dealkylation sites (tertiary alicyclic amines) is 1. The maximum atomic E-state index is 13.1. The number of aliphatic carboxylic acids is 1. The van der Waals surface area contributed by atoms with Crippen molar-refractivity contribution in [2.24, 2.45) is 0 Å². The summed E-state index contributed by atoms with van der Waals surface area (Å²) in [5.74, 6) is -1.03. The number of carboxylic acids is 1. The monoisotopic (exact) mass is 388 g/mol. The van der Waals surface area contributed by atoms with E-state index in [2.05, 4.69) is 0 Å². The van der Waals surface area contributed by atoms with E-state index in [1.54, 1.807) is 10.3 Å². The van der Waals surface area contributed by atoms with Crippen LogP contribution in [0.5, 0.6) is 0 Å². The highest BCUT2D eigenvalue weighted by atomic mass is 32.2. The smallest absolute Gasteiger partial charge is 0.337 e. The van der Waals surface area contributed by atoms with Crippen LogP contribution in [0, 0.1) is 0 Å². The second-order valence-electron chi connectivity index (χ2n) is 6.96. The first-order chi connectivity index (χ1) is 11.8. The first-order valence-electron chi connectivity index (χ1n) is 8.68. The molecule has 1 amide bonds. The molecule has 9 heteroatoms. The van der Waals surface area contributed by atoms with Crippen LogP contribution in [0.1, 0.15) is 39.0 Å². The lowest BCUT2D eigenvalue weighted by molar-refractivity contribution is -0.140. The minimum absolute atomic E-state index is 0.0484. The van der Waals surface area contributed by atoms with E-state index in [-0.39, 0.29) is 29.5 Å². The number of carboxylic acid groups (broad SMARTS) is 1. The summed E-state index contributed by atoms with van der Waals surface area (Å²) in [5.41, 5.74) is 0.412. The zero-order valence-electron chi connectivity index (χ0n) is 14.3. The van der Waals surface area contributed by atoms with Crippen molar-refractivity contribution in [3.8, 4) is 0 Å². The molecule has 0 aromatic heterocycles.